The van der Waals surface area contributed by atoms with Gasteiger partial charge in [-0.05, 0) is 57.1 Å². The van der Waals surface area contributed by atoms with Crippen LogP contribution in [0.1, 0.15) is 77.6 Å². The highest BCUT2D eigenvalue weighted by Crippen LogP contribution is 2.56. The van der Waals surface area contributed by atoms with Crippen molar-refractivity contribution in [2.45, 2.75) is 68.2 Å². The fourth-order valence-corrected chi connectivity index (χ4v) is 5.68. The molecule has 0 aliphatic heterocycles. The molecule has 0 bridgehead atoms. The molecule has 0 saturated carbocycles. The van der Waals surface area contributed by atoms with E-state index in [0.717, 1.165) is 12.8 Å². The quantitative estimate of drug-likeness (QED) is 0.490. The highest BCUT2D eigenvalue weighted by molar-refractivity contribution is 5.85. The van der Waals surface area contributed by atoms with Crippen molar-refractivity contribution in [3.05, 3.63) is 81.9 Å². The van der Waals surface area contributed by atoms with Crippen LogP contribution < -0.4 is 0 Å². The zero-order valence-electron chi connectivity index (χ0n) is 19.5. The fourth-order valence-electron chi connectivity index (χ4n) is 5.68. The summed E-state index contributed by atoms with van der Waals surface area (Å²) in [5.74, 6) is 0. The summed E-state index contributed by atoms with van der Waals surface area (Å²) in [6.07, 6.45) is 2.15. The first-order valence-electron chi connectivity index (χ1n) is 11.1. The smallest absolute Gasteiger partial charge is 0.00831 e. The summed E-state index contributed by atoms with van der Waals surface area (Å²) >= 11 is 0. The predicted molar refractivity (Wildman–Crippen MR) is 127 cm³/mol. The van der Waals surface area contributed by atoms with Crippen molar-refractivity contribution in [2.75, 3.05) is 0 Å². The van der Waals surface area contributed by atoms with Crippen LogP contribution in [0.4, 0.5) is 0 Å². The summed E-state index contributed by atoms with van der Waals surface area (Å²) < 4.78 is 0. The van der Waals surface area contributed by atoms with Crippen LogP contribution in [0.25, 0.3) is 11.1 Å². The van der Waals surface area contributed by atoms with Crippen LogP contribution in [-0.4, -0.2) is 0 Å². The molecule has 0 radical (unpaired) electrons. The fraction of sp³-hybridized carbons (Fsp3) is 0.448. The summed E-state index contributed by atoms with van der Waals surface area (Å²) in [7, 11) is 0. The molecular weight excluding hydrogens is 348 g/mol. The Balaban J connectivity index is 1.95. The number of rotatable bonds is 2. The van der Waals surface area contributed by atoms with Crippen molar-refractivity contribution in [3.8, 4) is 0 Å². The van der Waals surface area contributed by atoms with Crippen molar-refractivity contribution < 1.29 is 0 Å². The van der Waals surface area contributed by atoms with Gasteiger partial charge in [0.2, 0.25) is 0 Å². The van der Waals surface area contributed by atoms with Gasteiger partial charge in [-0.25, -0.2) is 0 Å². The number of fused-ring (bicyclic) bond motifs is 2. The van der Waals surface area contributed by atoms with Gasteiger partial charge >= 0.3 is 0 Å². The van der Waals surface area contributed by atoms with E-state index in [9.17, 15) is 0 Å². The van der Waals surface area contributed by atoms with Gasteiger partial charge in [0.1, 0.15) is 0 Å². The zero-order chi connectivity index (χ0) is 21.2. The van der Waals surface area contributed by atoms with E-state index in [2.05, 4.69) is 104 Å². The zero-order valence-corrected chi connectivity index (χ0v) is 19.5. The normalized spacial score (nSPS) is 17.1. The molecule has 4 rings (SSSR count). The molecular formula is C29H36. The van der Waals surface area contributed by atoms with E-state index in [1.807, 2.05) is 0 Å². The van der Waals surface area contributed by atoms with Crippen molar-refractivity contribution in [1.82, 2.24) is 0 Å². The van der Waals surface area contributed by atoms with Crippen molar-refractivity contribution in [3.63, 3.8) is 0 Å². The number of hydrogen-bond acceptors (Lipinski definition) is 0. The average molecular weight is 385 g/mol. The first-order valence-corrected chi connectivity index (χ1v) is 11.1. The monoisotopic (exact) mass is 384 g/mol. The topological polar surface area (TPSA) is 0 Å². The van der Waals surface area contributed by atoms with Gasteiger partial charge in [-0.1, -0.05) is 115 Å². The summed E-state index contributed by atoms with van der Waals surface area (Å²) in [6, 6.07) is 18.1. The molecule has 0 atom stereocenters. The van der Waals surface area contributed by atoms with Crippen LogP contribution in [0.15, 0.2) is 59.7 Å². The molecule has 2 aromatic carbocycles. The molecule has 0 nitrogen and oxygen atoms in total. The molecule has 0 N–H and O–H groups in total. The van der Waals surface area contributed by atoms with Gasteiger partial charge in [0.05, 0.1) is 0 Å². The van der Waals surface area contributed by atoms with Gasteiger partial charge in [-0.3, -0.25) is 0 Å². The second-order valence-electron chi connectivity index (χ2n) is 11.5. The molecule has 0 aromatic heterocycles. The molecule has 152 valence electrons. The van der Waals surface area contributed by atoms with Crippen LogP contribution in [0.2, 0.25) is 0 Å². The Hall–Kier alpha value is -2.08. The van der Waals surface area contributed by atoms with E-state index in [1.54, 1.807) is 22.3 Å². The van der Waals surface area contributed by atoms with E-state index in [1.165, 1.54) is 22.3 Å². The van der Waals surface area contributed by atoms with Crippen LogP contribution in [0.3, 0.4) is 0 Å². The Bertz CT molecular complexity index is 943. The minimum absolute atomic E-state index is 0.0310. The third-order valence-corrected chi connectivity index (χ3v) is 6.92. The van der Waals surface area contributed by atoms with Gasteiger partial charge in [0, 0.05) is 5.41 Å². The maximum Gasteiger partial charge on any atom is 0.00831 e. The molecule has 0 heteroatoms. The minimum Gasteiger partial charge on any atom is -0.0619 e. The Morgan fingerprint density at radius 1 is 0.517 bits per heavy atom. The highest BCUT2D eigenvalue weighted by Gasteiger charge is 2.42. The lowest BCUT2D eigenvalue weighted by molar-refractivity contribution is 0.485. The summed E-state index contributed by atoms with van der Waals surface area (Å²) in [4.78, 5) is 0. The van der Waals surface area contributed by atoms with Gasteiger partial charge < -0.3 is 0 Å². The number of hydrogen-bond donors (Lipinski definition) is 0. The van der Waals surface area contributed by atoms with Crippen LogP contribution in [-0.2, 0) is 12.8 Å². The second kappa shape index (κ2) is 6.46. The summed E-state index contributed by atoms with van der Waals surface area (Å²) in [5.41, 5.74) is 12.6. The van der Waals surface area contributed by atoms with E-state index < -0.39 is 0 Å². The summed E-state index contributed by atoms with van der Waals surface area (Å²) in [5, 5.41) is 0. The van der Waals surface area contributed by atoms with E-state index in [0.29, 0.717) is 0 Å². The largest absolute Gasteiger partial charge is 0.0619 e. The minimum atomic E-state index is 0.0310. The first-order chi connectivity index (χ1) is 13.4. The predicted octanol–water partition coefficient (Wildman–Crippen LogP) is 8.12. The SMILES string of the molecule is CC(C)(C)C1=C(C(C)(C)C2=C(C(C)(C)C)c3ccccc3C2)Cc2ccccc21. The Morgan fingerprint density at radius 3 is 1.21 bits per heavy atom. The first kappa shape index (κ1) is 20.2. The van der Waals surface area contributed by atoms with Crippen molar-refractivity contribution in [1.29, 1.82) is 0 Å². The Kier molecular flexibility index (Phi) is 4.50. The van der Waals surface area contributed by atoms with Crippen LogP contribution in [0, 0.1) is 16.2 Å². The molecule has 29 heavy (non-hydrogen) atoms. The average Bonchev–Trinajstić information content (AvgIpc) is 3.20. The highest BCUT2D eigenvalue weighted by atomic mass is 14.5. The molecule has 0 spiro atoms. The lowest BCUT2D eigenvalue weighted by atomic mass is 9.67. The molecule has 2 aromatic rings. The van der Waals surface area contributed by atoms with Gasteiger partial charge in [0.25, 0.3) is 0 Å². The third-order valence-electron chi connectivity index (χ3n) is 6.92. The Labute approximate surface area is 177 Å². The number of allylic oxidation sites excluding steroid dienone is 4. The van der Waals surface area contributed by atoms with Crippen molar-refractivity contribution in [2.24, 2.45) is 16.2 Å². The second-order valence-corrected chi connectivity index (χ2v) is 11.5. The van der Waals surface area contributed by atoms with Crippen LogP contribution >= 0.6 is 0 Å². The lowest BCUT2D eigenvalue weighted by Gasteiger charge is -2.37. The van der Waals surface area contributed by atoms with E-state index >= 15 is 0 Å². The molecule has 0 amide bonds. The molecule has 2 aliphatic rings. The molecule has 0 heterocycles. The van der Waals surface area contributed by atoms with Crippen LogP contribution in [0.5, 0.6) is 0 Å². The third kappa shape index (κ3) is 3.21. The standard InChI is InChI=1S/C29H36/c1-27(2,3)25-21-15-11-9-13-19(21)17-23(25)29(7,8)24-18-20-14-10-12-16-22(20)26(24)28(4,5)6/h9-16H,17-18H2,1-8H3. The van der Waals surface area contributed by atoms with Crippen molar-refractivity contribution >= 4 is 11.1 Å². The number of benzene rings is 2. The lowest BCUT2D eigenvalue weighted by Crippen LogP contribution is -2.24. The molecule has 0 saturated heterocycles. The van der Waals surface area contributed by atoms with Gasteiger partial charge in [0.15, 0.2) is 0 Å². The molecule has 2 aliphatic carbocycles. The maximum atomic E-state index is 2.48. The molecule has 0 unspecified atom stereocenters. The van der Waals surface area contributed by atoms with Gasteiger partial charge in [-0.15, -0.1) is 0 Å². The molecule has 0 fully saturated rings. The van der Waals surface area contributed by atoms with E-state index in [-0.39, 0.29) is 16.2 Å². The van der Waals surface area contributed by atoms with E-state index in [4.69, 9.17) is 0 Å². The Morgan fingerprint density at radius 2 is 0.862 bits per heavy atom. The van der Waals surface area contributed by atoms with Gasteiger partial charge in [-0.2, -0.15) is 0 Å². The maximum absolute atomic E-state index is 2.48. The summed E-state index contributed by atoms with van der Waals surface area (Å²) in [6.45, 7) is 19.2.